The van der Waals surface area contributed by atoms with E-state index in [0.29, 0.717) is 11.5 Å². The molecule has 1 heterocycles. The Kier molecular flexibility index (Phi) is 8.33. The highest BCUT2D eigenvalue weighted by atomic mass is 32.2. The van der Waals surface area contributed by atoms with Crippen LogP contribution in [-0.4, -0.2) is 54.0 Å². The largest absolute Gasteiger partial charge is 0.457 e. The average molecular weight is 493 g/mol. The van der Waals surface area contributed by atoms with Crippen molar-refractivity contribution in [3.8, 4) is 11.5 Å². The number of nitrogens with zero attached hydrogens (tertiary/aromatic N) is 1. The lowest BCUT2D eigenvalue weighted by Gasteiger charge is -2.39. The Morgan fingerprint density at radius 2 is 1.50 bits per heavy atom. The van der Waals surface area contributed by atoms with Crippen LogP contribution in [0.5, 0.6) is 11.5 Å². The zero-order valence-corrected chi connectivity index (χ0v) is 19.6. The first-order chi connectivity index (χ1) is 15.5. The predicted octanol–water partition coefficient (Wildman–Crippen LogP) is 4.16. The monoisotopic (exact) mass is 492 g/mol. The van der Waals surface area contributed by atoms with Crippen LogP contribution in [0.25, 0.3) is 0 Å². The summed E-state index contributed by atoms with van der Waals surface area (Å²) < 4.78 is 36.2. The van der Waals surface area contributed by atoms with Gasteiger partial charge in [0.25, 0.3) is 5.91 Å². The second kappa shape index (κ2) is 10.4. The lowest BCUT2D eigenvalue weighted by molar-refractivity contribution is -0.133. The molecular formula is C24H32N2O7S. The van der Waals surface area contributed by atoms with Crippen molar-refractivity contribution in [2.45, 2.75) is 56.3 Å². The van der Waals surface area contributed by atoms with Crippen LogP contribution >= 0.6 is 0 Å². The van der Waals surface area contributed by atoms with E-state index in [4.69, 9.17) is 9.47 Å². The van der Waals surface area contributed by atoms with Gasteiger partial charge >= 0.3 is 6.09 Å². The van der Waals surface area contributed by atoms with Crippen LogP contribution in [-0.2, 0) is 19.4 Å². The molecule has 0 bridgehead atoms. The molecule has 1 fully saturated rings. The Morgan fingerprint density at radius 3 is 2.00 bits per heavy atom. The molecule has 0 unspecified atom stereocenters. The number of para-hydroxylation sites is 1. The van der Waals surface area contributed by atoms with Crippen molar-refractivity contribution in [2.24, 2.45) is 0 Å². The van der Waals surface area contributed by atoms with Gasteiger partial charge in [0.1, 0.15) is 17.1 Å². The third-order valence-electron chi connectivity index (χ3n) is 5.37. The highest BCUT2D eigenvalue weighted by Gasteiger charge is 2.53. The lowest BCUT2D eigenvalue weighted by atomic mass is 9.95. The second-order valence-corrected chi connectivity index (χ2v) is 11.1. The number of hydrogen-bond donors (Lipinski definition) is 2. The van der Waals surface area contributed by atoms with Crippen molar-refractivity contribution >= 4 is 21.8 Å². The summed E-state index contributed by atoms with van der Waals surface area (Å²) >= 11 is 0. The molecule has 34 heavy (non-hydrogen) atoms. The molecule has 0 atom stereocenters. The summed E-state index contributed by atoms with van der Waals surface area (Å²) in [6.07, 6.45) is -0.966. The molecule has 0 saturated carbocycles. The van der Waals surface area contributed by atoms with Gasteiger partial charge in [-0.2, -0.15) is 0 Å². The summed E-state index contributed by atoms with van der Waals surface area (Å²) in [6, 6.07) is 14.7. The van der Waals surface area contributed by atoms with Crippen molar-refractivity contribution < 1.29 is 32.7 Å². The number of carbonyl (C=O) groups is 2. The molecule has 10 heteroatoms. The van der Waals surface area contributed by atoms with Crippen LogP contribution in [0.1, 0.15) is 41.0 Å². The first-order valence-electron chi connectivity index (χ1n) is 10.5. The molecule has 2 amide bonds. The number of benzene rings is 2. The fourth-order valence-corrected chi connectivity index (χ4v) is 5.59. The van der Waals surface area contributed by atoms with E-state index in [9.17, 15) is 23.2 Å². The number of likely N-dealkylation sites (tertiary alicyclic amines) is 1. The predicted molar refractivity (Wildman–Crippen MR) is 127 cm³/mol. The average Bonchev–Trinajstić information content (AvgIpc) is 2.78. The zero-order chi connectivity index (χ0) is 24.3. The van der Waals surface area contributed by atoms with Gasteiger partial charge in [-0.1, -0.05) is 25.6 Å². The molecule has 186 valence electrons. The van der Waals surface area contributed by atoms with Crippen molar-refractivity contribution in [3.05, 3.63) is 54.6 Å². The van der Waals surface area contributed by atoms with Crippen LogP contribution in [0.2, 0.25) is 0 Å². The molecule has 9 nitrogen and oxygen atoms in total. The minimum atomic E-state index is -4.22. The van der Waals surface area contributed by atoms with Gasteiger partial charge < -0.3 is 14.4 Å². The van der Waals surface area contributed by atoms with Gasteiger partial charge in [-0.15, -0.1) is 0 Å². The van der Waals surface area contributed by atoms with E-state index in [-0.39, 0.29) is 38.3 Å². The molecule has 0 spiro atoms. The van der Waals surface area contributed by atoms with E-state index in [2.05, 4.69) is 0 Å². The Hall–Kier alpha value is -3.11. The van der Waals surface area contributed by atoms with E-state index in [0.717, 1.165) is 0 Å². The molecule has 2 aromatic rings. The highest BCUT2D eigenvalue weighted by Crippen LogP contribution is 2.37. The zero-order valence-electron chi connectivity index (χ0n) is 18.8. The summed E-state index contributed by atoms with van der Waals surface area (Å²) in [5, 5.41) is 9.31. The van der Waals surface area contributed by atoms with Crippen LogP contribution < -0.4 is 10.2 Å². The molecule has 1 aliphatic heterocycles. The molecule has 2 aromatic carbocycles. The van der Waals surface area contributed by atoms with Crippen LogP contribution in [0.4, 0.5) is 4.79 Å². The Labute approximate surface area is 200 Å². The van der Waals surface area contributed by atoms with Gasteiger partial charge in [0.2, 0.25) is 0 Å². The van der Waals surface area contributed by atoms with Gasteiger partial charge in [-0.3, -0.25) is 10.0 Å². The van der Waals surface area contributed by atoms with Crippen LogP contribution in [0.3, 0.4) is 0 Å². The number of hydroxylamine groups is 1. The topological polar surface area (TPSA) is 122 Å². The quantitative estimate of drug-likeness (QED) is 0.475. The Bertz CT molecular complexity index is 1090. The number of rotatable bonds is 5. The van der Waals surface area contributed by atoms with Gasteiger partial charge in [0.05, 0.1) is 4.90 Å². The first kappa shape index (κ1) is 27.1. The van der Waals surface area contributed by atoms with Gasteiger partial charge in [0.15, 0.2) is 14.6 Å². The van der Waals surface area contributed by atoms with E-state index in [1.165, 1.54) is 34.6 Å². The SMILES string of the molecule is C.CC(C)(C)OC(=O)N1CCC(C(=O)NO)(S(=O)(=O)c2ccc(Oc3ccccc3)cc2)CC1. The Morgan fingerprint density at radius 1 is 0.971 bits per heavy atom. The number of carbonyl (C=O) groups excluding carboxylic acids is 2. The smallest absolute Gasteiger partial charge is 0.410 e. The molecule has 1 saturated heterocycles. The van der Waals surface area contributed by atoms with E-state index in [1.54, 1.807) is 32.9 Å². The van der Waals surface area contributed by atoms with Gasteiger partial charge in [0, 0.05) is 13.1 Å². The number of amides is 2. The summed E-state index contributed by atoms with van der Waals surface area (Å²) in [7, 11) is -4.22. The van der Waals surface area contributed by atoms with Gasteiger partial charge in [-0.25, -0.2) is 18.7 Å². The maximum atomic E-state index is 13.5. The third kappa shape index (κ3) is 5.68. The number of sulfone groups is 1. The van der Waals surface area contributed by atoms with Crippen LogP contribution in [0.15, 0.2) is 59.5 Å². The highest BCUT2D eigenvalue weighted by molar-refractivity contribution is 7.93. The molecule has 1 aliphatic rings. The number of piperidine rings is 1. The third-order valence-corrected chi connectivity index (χ3v) is 7.88. The first-order valence-corrected chi connectivity index (χ1v) is 12.0. The Balaban J connectivity index is 0.00000408. The fraction of sp³-hybridized carbons (Fsp3) is 0.417. The van der Waals surface area contributed by atoms with Crippen molar-refractivity contribution in [1.82, 2.24) is 10.4 Å². The standard InChI is InChI=1S/C23H28N2O7S.CH4/c1-22(2,3)32-21(27)25-15-13-23(14-16-25,20(26)24-28)33(29,30)19-11-9-18(10-12-19)31-17-7-5-4-6-8-17;/h4-12,28H,13-16H2,1-3H3,(H,24,26);1H4. The summed E-state index contributed by atoms with van der Waals surface area (Å²) in [5.41, 5.74) is 0.796. The van der Waals surface area contributed by atoms with E-state index in [1.807, 2.05) is 18.2 Å². The molecule has 0 radical (unpaired) electrons. The minimum absolute atomic E-state index is 0. The number of hydrogen-bond acceptors (Lipinski definition) is 7. The summed E-state index contributed by atoms with van der Waals surface area (Å²) in [6.45, 7) is 5.16. The molecule has 3 rings (SSSR count). The van der Waals surface area contributed by atoms with Crippen LogP contribution in [0, 0.1) is 0 Å². The summed E-state index contributed by atoms with van der Waals surface area (Å²) in [4.78, 5) is 26.3. The van der Waals surface area contributed by atoms with Crippen molar-refractivity contribution in [1.29, 1.82) is 0 Å². The maximum Gasteiger partial charge on any atom is 0.410 e. The van der Waals surface area contributed by atoms with Crippen molar-refractivity contribution in [2.75, 3.05) is 13.1 Å². The summed E-state index contributed by atoms with van der Waals surface area (Å²) in [5.74, 6) is -0.00439. The maximum absolute atomic E-state index is 13.5. The molecule has 0 aliphatic carbocycles. The number of nitrogens with one attached hydrogen (secondary N) is 1. The normalized spacial score (nSPS) is 15.6. The fourth-order valence-electron chi connectivity index (χ4n) is 3.63. The van der Waals surface area contributed by atoms with E-state index >= 15 is 0 Å². The lowest BCUT2D eigenvalue weighted by Crippen LogP contribution is -2.58. The van der Waals surface area contributed by atoms with Crippen molar-refractivity contribution in [3.63, 3.8) is 0 Å². The molecule has 2 N–H and O–H groups in total. The molecule has 0 aromatic heterocycles. The minimum Gasteiger partial charge on any atom is -0.457 e. The van der Waals surface area contributed by atoms with E-state index < -0.39 is 32.2 Å². The van der Waals surface area contributed by atoms with Gasteiger partial charge in [-0.05, 0) is 70.0 Å². The second-order valence-electron chi connectivity index (χ2n) is 8.79. The molecular weight excluding hydrogens is 460 g/mol. The number of ether oxygens (including phenoxy) is 2.